The van der Waals surface area contributed by atoms with Crippen molar-refractivity contribution in [2.45, 2.75) is 65.0 Å². The van der Waals surface area contributed by atoms with Gasteiger partial charge in [0.25, 0.3) is 0 Å². The van der Waals surface area contributed by atoms with E-state index in [1.807, 2.05) is 0 Å². The predicted octanol–water partition coefficient (Wildman–Crippen LogP) is 2.80. The van der Waals surface area contributed by atoms with Crippen LogP contribution in [0, 0.1) is 28.6 Å². The summed E-state index contributed by atoms with van der Waals surface area (Å²) in [6.45, 7) is 7.90. The highest BCUT2D eigenvalue weighted by molar-refractivity contribution is 5.02. The normalized spacial score (nSPS) is 32.3. The SMILES string of the molecule is CC(C)(C)C1CCC(C#N)C(N(CCO)C2CC2)C1. The summed E-state index contributed by atoms with van der Waals surface area (Å²) in [7, 11) is 0. The van der Waals surface area contributed by atoms with E-state index in [1.54, 1.807) is 0 Å². The van der Waals surface area contributed by atoms with Gasteiger partial charge in [-0.15, -0.1) is 0 Å². The zero-order valence-electron chi connectivity index (χ0n) is 12.6. The van der Waals surface area contributed by atoms with Crippen LogP contribution >= 0.6 is 0 Å². The molecule has 2 aliphatic carbocycles. The average molecular weight is 264 g/mol. The molecule has 108 valence electrons. The lowest BCUT2D eigenvalue weighted by atomic mass is 9.67. The smallest absolute Gasteiger partial charge is 0.0672 e. The summed E-state index contributed by atoms with van der Waals surface area (Å²) in [6, 6.07) is 3.52. The minimum Gasteiger partial charge on any atom is -0.395 e. The van der Waals surface area contributed by atoms with E-state index in [0.717, 1.165) is 19.4 Å². The number of hydrogen-bond acceptors (Lipinski definition) is 3. The van der Waals surface area contributed by atoms with Gasteiger partial charge in [0.2, 0.25) is 0 Å². The summed E-state index contributed by atoms with van der Waals surface area (Å²) < 4.78 is 0. The maximum atomic E-state index is 9.43. The van der Waals surface area contributed by atoms with Gasteiger partial charge in [-0.05, 0) is 43.4 Å². The highest BCUT2D eigenvalue weighted by Crippen LogP contribution is 2.43. The number of aliphatic hydroxyl groups excluding tert-OH is 1. The first kappa shape index (κ1) is 14.8. The summed E-state index contributed by atoms with van der Waals surface area (Å²) in [6.07, 6.45) is 5.81. The molecule has 0 amide bonds. The minimum absolute atomic E-state index is 0.158. The highest BCUT2D eigenvalue weighted by Gasteiger charge is 2.42. The Labute approximate surface area is 117 Å². The quantitative estimate of drug-likeness (QED) is 0.849. The molecule has 19 heavy (non-hydrogen) atoms. The summed E-state index contributed by atoms with van der Waals surface area (Å²) in [5.41, 5.74) is 0.326. The molecule has 0 aliphatic heterocycles. The molecule has 3 heteroatoms. The number of nitrogens with zero attached hydrogens (tertiary/aromatic N) is 2. The van der Waals surface area contributed by atoms with Crippen molar-refractivity contribution in [2.75, 3.05) is 13.2 Å². The third-order valence-corrected chi connectivity index (χ3v) is 5.01. The van der Waals surface area contributed by atoms with Crippen LogP contribution in [0.3, 0.4) is 0 Å². The summed E-state index contributed by atoms with van der Waals surface area (Å²) in [4.78, 5) is 2.44. The lowest BCUT2D eigenvalue weighted by molar-refractivity contribution is 0.0449. The molecule has 1 N–H and O–H groups in total. The molecule has 0 bridgehead atoms. The Bertz CT molecular complexity index is 338. The van der Waals surface area contributed by atoms with E-state index < -0.39 is 0 Å². The van der Waals surface area contributed by atoms with Crippen LogP contribution in [0.15, 0.2) is 0 Å². The van der Waals surface area contributed by atoms with Crippen molar-refractivity contribution >= 4 is 0 Å². The van der Waals surface area contributed by atoms with Gasteiger partial charge in [-0.25, -0.2) is 0 Å². The number of aliphatic hydroxyl groups is 1. The fourth-order valence-electron chi connectivity index (χ4n) is 3.59. The third-order valence-electron chi connectivity index (χ3n) is 5.01. The summed E-state index contributed by atoms with van der Waals surface area (Å²) in [5, 5.41) is 18.7. The van der Waals surface area contributed by atoms with Gasteiger partial charge in [-0.3, -0.25) is 4.90 Å². The molecule has 3 atom stereocenters. The first-order valence-electron chi connectivity index (χ1n) is 7.73. The Balaban J connectivity index is 2.10. The van der Waals surface area contributed by atoms with Crippen molar-refractivity contribution < 1.29 is 5.11 Å². The third kappa shape index (κ3) is 3.49. The first-order valence-corrected chi connectivity index (χ1v) is 7.73. The minimum atomic E-state index is 0.158. The van der Waals surface area contributed by atoms with Crippen LogP contribution in [0.5, 0.6) is 0 Å². The van der Waals surface area contributed by atoms with E-state index in [4.69, 9.17) is 0 Å². The van der Waals surface area contributed by atoms with Crippen molar-refractivity contribution in [3.05, 3.63) is 0 Å². The number of rotatable bonds is 4. The van der Waals surface area contributed by atoms with E-state index in [-0.39, 0.29) is 12.5 Å². The topological polar surface area (TPSA) is 47.3 Å². The van der Waals surface area contributed by atoms with Crippen LogP contribution < -0.4 is 0 Å². The Hall–Kier alpha value is -0.590. The van der Waals surface area contributed by atoms with E-state index in [1.165, 1.54) is 19.3 Å². The van der Waals surface area contributed by atoms with Gasteiger partial charge in [0.05, 0.1) is 18.6 Å². The van der Waals surface area contributed by atoms with Crippen LogP contribution in [0.1, 0.15) is 52.9 Å². The van der Waals surface area contributed by atoms with Gasteiger partial charge >= 0.3 is 0 Å². The van der Waals surface area contributed by atoms with Gasteiger partial charge in [-0.2, -0.15) is 5.26 Å². The fourth-order valence-corrected chi connectivity index (χ4v) is 3.59. The maximum Gasteiger partial charge on any atom is 0.0672 e. The second-order valence-electron chi connectivity index (χ2n) is 7.37. The molecule has 3 unspecified atom stereocenters. The van der Waals surface area contributed by atoms with Gasteiger partial charge < -0.3 is 5.11 Å². The van der Waals surface area contributed by atoms with Crippen LogP contribution in [0.2, 0.25) is 0 Å². The molecule has 0 aromatic carbocycles. The molecule has 0 aromatic rings. The first-order chi connectivity index (χ1) is 8.97. The second-order valence-corrected chi connectivity index (χ2v) is 7.37. The Kier molecular flexibility index (Phi) is 4.53. The lowest BCUT2D eigenvalue weighted by Crippen LogP contribution is -2.48. The van der Waals surface area contributed by atoms with Crippen molar-refractivity contribution in [1.82, 2.24) is 4.90 Å². The summed E-state index contributed by atoms with van der Waals surface area (Å²) >= 11 is 0. The van der Waals surface area contributed by atoms with E-state index >= 15 is 0 Å². The van der Waals surface area contributed by atoms with Gasteiger partial charge in [0, 0.05) is 18.6 Å². The zero-order chi connectivity index (χ0) is 14.0. The Morgan fingerprint density at radius 1 is 1.21 bits per heavy atom. The number of nitriles is 1. The molecule has 2 aliphatic rings. The van der Waals surface area contributed by atoms with Gasteiger partial charge in [0.15, 0.2) is 0 Å². The molecule has 2 saturated carbocycles. The van der Waals surface area contributed by atoms with Crippen molar-refractivity contribution in [1.29, 1.82) is 5.26 Å². The molecular weight excluding hydrogens is 236 g/mol. The molecule has 0 heterocycles. The van der Waals surface area contributed by atoms with Crippen molar-refractivity contribution in [3.8, 4) is 6.07 Å². The number of hydrogen-bond donors (Lipinski definition) is 1. The molecule has 3 nitrogen and oxygen atoms in total. The van der Waals surface area contributed by atoms with E-state index in [0.29, 0.717) is 23.4 Å². The summed E-state index contributed by atoms with van der Waals surface area (Å²) in [5.74, 6) is 0.854. The van der Waals surface area contributed by atoms with Crippen molar-refractivity contribution in [2.24, 2.45) is 17.3 Å². The molecule has 0 saturated heterocycles. The van der Waals surface area contributed by atoms with Gasteiger partial charge in [-0.1, -0.05) is 20.8 Å². The molecule has 2 rings (SSSR count). The average Bonchev–Trinajstić information content (AvgIpc) is 3.18. The van der Waals surface area contributed by atoms with Crippen molar-refractivity contribution in [3.63, 3.8) is 0 Å². The largest absolute Gasteiger partial charge is 0.395 e. The second kappa shape index (κ2) is 5.81. The molecule has 0 aromatic heterocycles. The lowest BCUT2D eigenvalue weighted by Gasteiger charge is -2.44. The van der Waals surface area contributed by atoms with Gasteiger partial charge in [0.1, 0.15) is 0 Å². The Morgan fingerprint density at radius 3 is 2.37 bits per heavy atom. The van der Waals surface area contributed by atoms with Crippen LogP contribution in [0.25, 0.3) is 0 Å². The van der Waals surface area contributed by atoms with E-state index in [9.17, 15) is 10.4 Å². The predicted molar refractivity (Wildman–Crippen MR) is 76.5 cm³/mol. The standard InChI is InChI=1S/C16H28N2O/c1-16(2,3)13-5-4-12(11-17)15(10-13)18(8-9-19)14-6-7-14/h12-15,19H,4-10H2,1-3H3. The monoisotopic (exact) mass is 264 g/mol. The molecule has 0 spiro atoms. The van der Waals surface area contributed by atoms with E-state index in [2.05, 4.69) is 31.7 Å². The highest BCUT2D eigenvalue weighted by atomic mass is 16.3. The Morgan fingerprint density at radius 2 is 1.89 bits per heavy atom. The zero-order valence-corrected chi connectivity index (χ0v) is 12.6. The fraction of sp³-hybridized carbons (Fsp3) is 0.938. The maximum absolute atomic E-state index is 9.43. The molecule has 2 fully saturated rings. The van der Waals surface area contributed by atoms with Crippen LogP contribution in [0.4, 0.5) is 0 Å². The van der Waals surface area contributed by atoms with Crippen LogP contribution in [-0.4, -0.2) is 35.2 Å². The van der Waals surface area contributed by atoms with Crippen LogP contribution in [-0.2, 0) is 0 Å². The molecular formula is C16H28N2O. The molecule has 0 radical (unpaired) electrons.